The second-order valence-corrected chi connectivity index (χ2v) is 6.64. The zero-order valence-corrected chi connectivity index (χ0v) is 13.0. The lowest BCUT2D eigenvalue weighted by Gasteiger charge is -2.37. The van der Waals surface area contributed by atoms with Gasteiger partial charge in [0.2, 0.25) is 5.91 Å². The number of allylic oxidation sites excluding steroid dienone is 3. The van der Waals surface area contributed by atoms with E-state index in [1.165, 1.54) is 6.08 Å². The molecule has 0 bridgehead atoms. The average Bonchev–Trinajstić information content (AvgIpc) is 3.39. The molecule has 0 N–H and O–H groups in total. The van der Waals surface area contributed by atoms with Gasteiger partial charge in [-0.3, -0.25) is 9.78 Å². The van der Waals surface area contributed by atoms with E-state index in [1.54, 1.807) is 17.3 Å². The number of hydrogen-bond acceptors (Lipinski definition) is 2. The number of hydrogen-bond donors (Lipinski definition) is 0. The van der Waals surface area contributed by atoms with Crippen LogP contribution >= 0.6 is 0 Å². The van der Waals surface area contributed by atoms with Crippen molar-refractivity contribution in [2.45, 2.75) is 37.8 Å². The maximum absolute atomic E-state index is 13.0. The molecule has 2 fully saturated rings. The fraction of sp³-hybridized carbons (Fsp3) is 0.444. The highest BCUT2D eigenvalue weighted by atomic mass is 19.4. The van der Waals surface area contributed by atoms with Gasteiger partial charge >= 0.3 is 6.18 Å². The number of anilines is 1. The van der Waals surface area contributed by atoms with Crippen LogP contribution in [0.15, 0.2) is 41.8 Å². The van der Waals surface area contributed by atoms with Crippen LogP contribution < -0.4 is 4.90 Å². The molecule has 1 unspecified atom stereocenters. The van der Waals surface area contributed by atoms with E-state index in [4.69, 9.17) is 0 Å². The predicted molar refractivity (Wildman–Crippen MR) is 83.5 cm³/mol. The van der Waals surface area contributed by atoms with Gasteiger partial charge in [-0.25, -0.2) is 0 Å². The first-order chi connectivity index (χ1) is 11.4. The van der Waals surface area contributed by atoms with Crippen molar-refractivity contribution in [3.63, 3.8) is 0 Å². The summed E-state index contributed by atoms with van der Waals surface area (Å²) in [6.45, 7) is 0.502. The van der Waals surface area contributed by atoms with E-state index in [9.17, 15) is 18.0 Å². The molecule has 24 heavy (non-hydrogen) atoms. The van der Waals surface area contributed by atoms with Crippen molar-refractivity contribution >= 4 is 11.6 Å². The van der Waals surface area contributed by atoms with E-state index in [2.05, 4.69) is 4.98 Å². The van der Waals surface area contributed by atoms with E-state index in [0.717, 1.165) is 35.7 Å². The number of carbonyl (C=O) groups excluding carboxylic acids is 1. The molecule has 2 aliphatic carbocycles. The van der Waals surface area contributed by atoms with Gasteiger partial charge in [0.05, 0.1) is 17.8 Å². The first-order valence-electron chi connectivity index (χ1n) is 8.17. The summed E-state index contributed by atoms with van der Waals surface area (Å²) in [5.41, 5.74) is 2.04. The molecule has 1 saturated carbocycles. The number of piperidine rings is 1. The number of alkyl halides is 3. The van der Waals surface area contributed by atoms with Crippen LogP contribution in [0.2, 0.25) is 0 Å². The molecule has 0 spiro atoms. The maximum Gasteiger partial charge on any atom is 0.412 e. The molecule has 0 aromatic carbocycles. The second kappa shape index (κ2) is 5.46. The Bertz CT molecular complexity index is 747. The Hall–Kier alpha value is -2.11. The van der Waals surface area contributed by atoms with E-state index in [0.29, 0.717) is 18.9 Å². The van der Waals surface area contributed by atoms with Crippen molar-refractivity contribution in [3.05, 3.63) is 47.3 Å². The van der Waals surface area contributed by atoms with Crippen molar-refractivity contribution in [2.75, 3.05) is 11.4 Å². The molecule has 2 heterocycles. The Balaban J connectivity index is 1.63. The summed E-state index contributed by atoms with van der Waals surface area (Å²) in [6, 6.07) is 1.92. The third-order valence-corrected chi connectivity index (χ3v) is 5.06. The molecule has 126 valence electrons. The SMILES string of the molecule is O=C1C2CC(C(F)(F)F)=CC=C2CCN1c1cnccc1C1CC1. The molecule has 1 aromatic rings. The van der Waals surface area contributed by atoms with Crippen LogP contribution in [0.1, 0.15) is 37.2 Å². The number of amides is 1. The van der Waals surface area contributed by atoms with Gasteiger partial charge < -0.3 is 4.90 Å². The highest BCUT2D eigenvalue weighted by Crippen LogP contribution is 2.46. The third-order valence-electron chi connectivity index (χ3n) is 5.06. The molecule has 3 aliphatic rings. The summed E-state index contributed by atoms with van der Waals surface area (Å²) in [7, 11) is 0. The van der Waals surface area contributed by atoms with Gasteiger partial charge in [-0.1, -0.05) is 17.7 Å². The molecule has 3 nitrogen and oxygen atoms in total. The number of carbonyl (C=O) groups is 1. The molecule has 1 aromatic heterocycles. The van der Waals surface area contributed by atoms with Crippen molar-refractivity contribution in [1.29, 1.82) is 0 Å². The molecular formula is C18H17F3N2O. The summed E-state index contributed by atoms with van der Waals surface area (Å²) in [5, 5.41) is 0. The minimum atomic E-state index is -4.38. The van der Waals surface area contributed by atoms with Crippen LogP contribution in [-0.2, 0) is 4.79 Å². The summed E-state index contributed by atoms with van der Waals surface area (Å²) >= 11 is 0. The fourth-order valence-electron chi connectivity index (χ4n) is 3.60. The van der Waals surface area contributed by atoms with Gasteiger partial charge in [0.15, 0.2) is 0 Å². The molecule has 1 aliphatic heterocycles. The van der Waals surface area contributed by atoms with Gasteiger partial charge in [-0.05, 0) is 43.2 Å². The Labute approximate surface area is 137 Å². The highest BCUT2D eigenvalue weighted by Gasteiger charge is 2.42. The fourth-order valence-corrected chi connectivity index (χ4v) is 3.60. The van der Waals surface area contributed by atoms with Crippen LogP contribution in [0.25, 0.3) is 0 Å². The second-order valence-electron chi connectivity index (χ2n) is 6.64. The monoisotopic (exact) mass is 334 g/mol. The zero-order valence-electron chi connectivity index (χ0n) is 13.0. The summed E-state index contributed by atoms with van der Waals surface area (Å²) in [4.78, 5) is 18.7. The Morgan fingerprint density at radius 3 is 2.71 bits per heavy atom. The van der Waals surface area contributed by atoms with Crippen LogP contribution in [0.3, 0.4) is 0 Å². The number of nitrogens with zero attached hydrogens (tertiary/aromatic N) is 2. The normalized spacial score (nSPS) is 24.4. The quantitative estimate of drug-likeness (QED) is 0.815. The summed E-state index contributed by atoms with van der Waals surface area (Å²) in [5.74, 6) is -0.491. The lowest BCUT2D eigenvalue weighted by Crippen LogP contribution is -2.44. The maximum atomic E-state index is 13.0. The van der Waals surface area contributed by atoms with Crippen molar-refractivity contribution in [2.24, 2.45) is 5.92 Å². The Morgan fingerprint density at radius 1 is 1.21 bits per heavy atom. The molecule has 0 radical (unpaired) electrons. The Morgan fingerprint density at radius 2 is 2.00 bits per heavy atom. The van der Waals surface area contributed by atoms with Crippen LogP contribution in [0, 0.1) is 5.92 Å². The number of aromatic nitrogens is 1. The average molecular weight is 334 g/mol. The summed E-state index contributed by atoms with van der Waals surface area (Å²) < 4.78 is 39.0. The van der Waals surface area contributed by atoms with E-state index < -0.39 is 17.7 Å². The van der Waals surface area contributed by atoms with Crippen molar-refractivity contribution in [1.82, 2.24) is 4.98 Å². The topological polar surface area (TPSA) is 33.2 Å². The van der Waals surface area contributed by atoms with Gasteiger partial charge in [-0.15, -0.1) is 0 Å². The van der Waals surface area contributed by atoms with Gasteiger partial charge in [0.25, 0.3) is 0 Å². The van der Waals surface area contributed by atoms with Crippen LogP contribution in [0.4, 0.5) is 18.9 Å². The molecule has 1 atom stereocenters. The Kier molecular flexibility index (Phi) is 3.51. The molecule has 4 rings (SSSR count). The third kappa shape index (κ3) is 2.64. The number of fused-ring (bicyclic) bond motifs is 1. The first-order valence-corrected chi connectivity index (χ1v) is 8.17. The molecule has 6 heteroatoms. The van der Waals surface area contributed by atoms with Gasteiger partial charge in [0.1, 0.15) is 0 Å². The minimum Gasteiger partial charge on any atom is -0.310 e. The molecule has 1 amide bonds. The number of rotatable bonds is 2. The smallest absolute Gasteiger partial charge is 0.310 e. The standard InChI is InChI=1S/C18H17F3N2O/c19-18(20,21)13-4-3-12-6-8-23(17(24)15(12)9-13)16-10-22-7-5-14(16)11-1-2-11/h3-5,7,10-11,15H,1-2,6,8-9H2. The predicted octanol–water partition coefficient (Wildman–Crippen LogP) is 4.13. The van der Waals surface area contributed by atoms with E-state index in [1.807, 2.05) is 6.07 Å². The molecule has 1 saturated heterocycles. The minimum absolute atomic E-state index is 0.239. The van der Waals surface area contributed by atoms with Gasteiger partial charge in [-0.2, -0.15) is 13.2 Å². The first kappa shape index (κ1) is 15.4. The van der Waals surface area contributed by atoms with Gasteiger partial charge in [0, 0.05) is 18.3 Å². The molecular weight excluding hydrogens is 317 g/mol. The lowest BCUT2D eigenvalue weighted by molar-refractivity contribution is -0.123. The van der Waals surface area contributed by atoms with Crippen molar-refractivity contribution in [3.8, 4) is 0 Å². The lowest BCUT2D eigenvalue weighted by atomic mass is 9.81. The highest BCUT2D eigenvalue weighted by molar-refractivity contribution is 5.99. The van der Waals surface area contributed by atoms with Crippen molar-refractivity contribution < 1.29 is 18.0 Å². The number of halogens is 3. The summed E-state index contributed by atoms with van der Waals surface area (Å²) in [6.07, 6.45) is 4.14. The largest absolute Gasteiger partial charge is 0.412 e. The van der Waals surface area contributed by atoms with Crippen LogP contribution in [0.5, 0.6) is 0 Å². The zero-order chi connectivity index (χ0) is 16.9. The van der Waals surface area contributed by atoms with E-state index >= 15 is 0 Å². The van der Waals surface area contributed by atoms with Crippen LogP contribution in [-0.4, -0.2) is 23.6 Å². The number of pyridine rings is 1. The van der Waals surface area contributed by atoms with E-state index in [-0.39, 0.29) is 12.3 Å².